The van der Waals surface area contributed by atoms with E-state index in [9.17, 15) is 0 Å². The minimum atomic E-state index is -0.247. The van der Waals surface area contributed by atoms with E-state index in [0.717, 1.165) is 23.8 Å². The van der Waals surface area contributed by atoms with Gasteiger partial charge in [0.25, 0.3) is 0 Å². The average molecular weight is 329 g/mol. The van der Waals surface area contributed by atoms with E-state index >= 15 is 0 Å². The molecule has 130 valence electrons. The SMILES string of the molecule is CCNC(=NCc1ccccc1-n1cccn1)NCC(C)(C)OC. The number of para-hydroxylation sites is 1. The molecule has 0 aliphatic carbocycles. The number of rotatable bonds is 7. The van der Waals surface area contributed by atoms with Crippen LogP contribution in [-0.4, -0.2) is 41.5 Å². The number of guanidine groups is 1. The Hall–Kier alpha value is -2.34. The van der Waals surface area contributed by atoms with Gasteiger partial charge in [-0.1, -0.05) is 18.2 Å². The smallest absolute Gasteiger partial charge is 0.191 e. The van der Waals surface area contributed by atoms with Crippen LogP contribution in [0, 0.1) is 0 Å². The van der Waals surface area contributed by atoms with Crippen LogP contribution in [-0.2, 0) is 11.3 Å². The highest BCUT2D eigenvalue weighted by molar-refractivity contribution is 5.79. The number of benzene rings is 1. The molecule has 0 aliphatic rings. The Kier molecular flexibility index (Phi) is 6.37. The molecule has 2 rings (SSSR count). The fraction of sp³-hybridized carbons (Fsp3) is 0.444. The first kappa shape index (κ1) is 18.0. The molecule has 1 aromatic heterocycles. The lowest BCUT2D eigenvalue weighted by Gasteiger charge is -2.24. The topological polar surface area (TPSA) is 63.5 Å². The largest absolute Gasteiger partial charge is 0.377 e. The highest BCUT2D eigenvalue weighted by Crippen LogP contribution is 2.14. The van der Waals surface area contributed by atoms with E-state index in [1.165, 1.54) is 0 Å². The molecule has 1 aromatic carbocycles. The maximum atomic E-state index is 5.44. The van der Waals surface area contributed by atoms with Gasteiger partial charge in [0.2, 0.25) is 0 Å². The van der Waals surface area contributed by atoms with E-state index in [1.54, 1.807) is 13.3 Å². The summed E-state index contributed by atoms with van der Waals surface area (Å²) in [5.41, 5.74) is 1.91. The molecule has 0 atom stereocenters. The van der Waals surface area contributed by atoms with Gasteiger partial charge < -0.3 is 15.4 Å². The van der Waals surface area contributed by atoms with Crippen molar-refractivity contribution in [3.63, 3.8) is 0 Å². The van der Waals surface area contributed by atoms with Gasteiger partial charge in [-0.25, -0.2) is 9.67 Å². The van der Waals surface area contributed by atoms with Crippen molar-refractivity contribution in [2.75, 3.05) is 20.2 Å². The fourth-order valence-corrected chi connectivity index (χ4v) is 2.15. The number of hydrogen-bond acceptors (Lipinski definition) is 3. The number of ether oxygens (including phenoxy) is 1. The van der Waals surface area contributed by atoms with Crippen molar-refractivity contribution >= 4 is 5.96 Å². The summed E-state index contributed by atoms with van der Waals surface area (Å²) >= 11 is 0. The minimum absolute atomic E-state index is 0.247. The molecule has 0 saturated carbocycles. The number of aliphatic imine (C=N–C) groups is 1. The first-order valence-corrected chi connectivity index (χ1v) is 8.21. The Balaban J connectivity index is 2.12. The summed E-state index contributed by atoms with van der Waals surface area (Å²) < 4.78 is 7.30. The Morgan fingerprint density at radius 2 is 2.04 bits per heavy atom. The fourth-order valence-electron chi connectivity index (χ4n) is 2.15. The second kappa shape index (κ2) is 8.49. The zero-order chi connectivity index (χ0) is 17.4. The van der Waals surface area contributed by atoms with Crippen LogP contribution in [0.1, 0.15) is 26.3 Å². The quantitative estimate of drug-likeness (QED) is 0.605. The second-order valence-electron chi connectivity index (χ2n) is 6.09. The van der Waals surface area contributed by atoms with E-state index in [2.05, 4.69) is 33.7 Å². The normalized spacial score (nSPS) is 12.2. The number of nitrogens with one attached hydrogen (secondary N) is 2. The van der Waals surface area contributed by atoms with E-state index < -0.39 is 0 Å². The van der Waals surface area contributed by atoms with Gasteiger partial charge in [-0.2, -0.15) is 5.10 Å². The van der Waals surface area contributed by atoms with Crippen LogP contribution in [0.15, 0.2) is 47.7 Å². The number of nitrogens with zero attached hydrogens (tertiary/aromatic N) is 3. The van der Waals surface area contributed by atoms with E-state index in [1.807, 2.05) is 49.0 Å². The van der Waals surface area contributed by atoms with Gasteiger partial charge >= 0.3 is 0 Å². The van der Waals surface area contributed by atoms with Crippen molar-refractivity contribution in [1.29, 1.82) is 0 Å². The molecule has 0 saturated heterocycles. The molecule has 0 radical (unpaired) electrons. The molecule has 0 amide bonds. The molecular formula is C18H27N5O. The molecule has 0 unspecified atom stereocenters. The number of hydrogen-bond donors (Lipinski definition) is 2. The van der Waals surface area contributed by atoms with E-state index in [4.69, 9.17) is 4.74 Å². The minimum Gasteiger partial charge on any atom is -0.377 e. The Morgan fingerprint density at radius 1 is 1.25 bits per heavy atom. The molecule has 0 aliphatic heterocycles. The molecule has 6 heteroatoms. The van der Waals surface area contributed by atoms with E-state index in [0.29, 0.717) is 13.1 Å². The van der Waals surface area contributed by atoms with Gasteiger partial charge in [0, 0.05) is 32.6 Å². The average Bonchev–Trinajstić information content (AvgIpc) is 3.12. The maximum absolute atomic E-state index is 5.44. The van der Waals surface area contributed by atoms with Crippen molar-refractivity contribution in [2.24, 2.45) is 4.99 Å². The monoisotopic (exact) mass is 329 g/mol. The van der Waals surface area contributed by atoms with Gasteiger partial charge in [-0.05, 0) is 38.5 Å². The summed E-state index contributed by atoms with van der Waals surface area (Å²) in [6.07, 6.45) is 3.71. The molecule has 6 nitrogen and oxygen atoms in total. The number of aromatic nitrogens is 2. The van der Waals surface area contributed by atoms with Gasteiger partial charge in [0.15, 0.2) is 5.96 Å². The summed E-state index contributed by atoms with van der Waals surface area (Å²) in [7, 11) is 1.71. The molecule has 1 heterocycles. The Bertz CT molecular complexity index is 649. The molecule has 0 bridgehead atoms. The van der Waals surface area contributed by atoms with Crippen LogP contribution < -0.4 is 10.6 Å². The van der Waals surface area contributed by atoms with Crippen molar-refractivity contribution in [2.45, 2.75) is 32.9 Å². The highest BCUT2D eigenvalue weighted by Gasteiger charge is 2.16. The maximum Gasteiger partial charge on any atom is 0.191 e. The molecule has 0 spiro atoms. The van der Waals surface area contributed by atoms with Crippen molar-refractivity contribution in [1.82, 2.24) is 20.4 Å². The summed E-state index contributed by atoms with van der Waals surface area (Å²) in [4.78, 5) is 4.69. The van der Waals surface area contributed by atoms with Crippen molar-refractivity contribution in [3.8, 4) is 5.69 Å². The predicted molar refractivity (Wildman–Crippen MR) is 97.5 cm³/mol. The lowest BCUT2D eigenvalue weighted by atomic mass is 10.1. The summed E-state index contributed by atoms with van der Waals surface area (Å²) in [5, 5.41) is 10.9. The zero-order valence-electron chi connectivity index (χ0n) is 14.9. The van der Waals surface area contributed by atoms with Crippen LogP contribution in [0.5, 0.6) is 0 Å². The highest BCUT2D eigenvalue weighted by atomic mass is 16.5. The first-order chi connectivity index (χ1) is 11.6. The van der Waals surface area contributed by atoms with Gasteiger partial charge in [0.1, 0.15) is 0 Å². The van der Waals surface area contributed by atoms with Crippen molar-refractivity contribution < 1.29 is 4.74 Å². The third-order valence-corrected chi connectivity index (χ3v) is 3.73. The summed E-state index contributed by atoms with van der Waals surface area (Å²) in [6.45, 7) is 8.18. The van der Waals surface area contributed by atoms with Crippen LogP contribution in [0.4, 0.5) is 0 Å². The molecule has 0 fully saturated rings. The first-order valence-electron chi connectivity index (χ1n) is 8.21. The van der Waals surface area contributed by atoms with Crippen LogP contribution >= 0.6 is 0 Å². The molecule has 2 N–H and O–H groups in total. The lowest BCUT2D eigenvalue weighted by Crippen LogP contribution is -2.45. The van der Waals surface area contributed by atoms with Gasteiger partial charge in [0.05, 0.1) is 17.8 Å². The molecule has 2 aromatic rings. The van der Waals surface area contributed by atoms with Crippen LogP contribution in [0.2, 0.25) is 0 Å². The van der Waals surface area contributed by atoms with Gasteiger partial charge in [-0.15, -0.1) is 0 Å². The standard InChI is InChI=1S/C18H27N5O/c1-5-19-17(21-14-18(2,3)24-4)20-13-15-9-6-7-10-16(15)23-12-8-11-22-23/h6-12H,5,13-14H2,1-4H3,(H2,19,20,21). The second-order valence-corrected chi connectivity index (χ2v) is 6.09. The number of methoxy groups -OCH3 is 1. The molecule has 24 heavy (non-hydrogen) atoms. The van der Waals surface area contributed by atoms with E-state index in [-0.39, 0.29) is 5.60 Å². The van der Waals surface area contributed by atoms with Crippen LogP contribution in [0.3, 0.4) is 0 Å². The van der Waals surface area contributed by atoms with Gasteiger partial charge in [-0.3, -0.25) is 0 Å². The lowest BCUT2D eigenvalue weighted by molar-refractivity contribution is 0.0268. The molecular weight excluding hydrogens is 302 g/mol. The van der Waals surface area contributed by atoms with Crippen LogP contribution in [0.25, 0.3) is 5.69 Å². The van der Waals surface area contributed by atoms with Crippen molar-refractivity contribution in [3.05, 3.63) is 48.3 Å². The summed E-state index contributed by atoms with van der Waals surface area (Å²) in [6, 6.07) is 10.1. The predicted octanol–water partition coefficient (Wildman–Crippen LogP) is 2.35. The third kappa shape index (κ3) is 5.09. The Labute approximate surface area is 143 Å². The third-order valence-electron chi connectivity index (χ3n) is 3.73. The Morgan fingerprint density at radius 3 is 2.71 bits per heavy atom. The summed E-state index contributed by atoms with van der Waals surface area (Å²) in [5.74, 6) is 0.776. The zero-order valence-corrected chi connectivity index (χ0v) is 14.9.